The van der Waals surface area contributed by atoms with Crippen LogP contribution in [0.5, 0.6) is 11.5 Å². The summed E-state index contributed by atoms with van der Waals surface area (Å²) < 4.78 is 0.322. The molecule has 0 fully saturated rings. The Morgan fingerprint density at radius 3 is 2.73 bits per heavy atom. The van der Waals surface area contributed by atoms with Gasteiger partial charge in [0, 0.05) is 0 Å². The zero-order chi connectivity index (χ0) is 11.4. The number of nitrogens with one attached hydrogen (secondary N) is 1. The second kappa shape index (κ2) is 4.65. The molecule has 0 saturated carbocycles. The summed E-state index contributed by atoms with van der Waals surface area (Å²) in [7, 11) is 0. The van der Waals surface area contributed by atoms with E-state index in [4.69, 9.17) is 5.73 Å². The lowest BCUT2D eigenvalue weighted by Gasteiger charge is -2.01. The molecule has 0 aromatic heterocycles. The number of hydrazone groups is 1. The third kappa shape index (κ3) is 3.13. The number of benzene rings is 1. The quantitative estimate of drug-likeness (QED) is 0.365. The summed E-state index contributed by atoms with van der Waals surface area (Å²) in [6, 6.07) is 2.02. The van der Waals surface area contributed by atoms with Gasteiger partial charge in [0.25, 0.3) is 0 Å². The van der Waals surface area contributed by atoms with Gasteiger partial charge in [-0.1, -0.05) is 0 Å². The van der Waals surface area contributed by atoms with Gasteiger partial charge in [0.1, 0.15) is 0 Å². The Bertz CT molecular complexity index is 397. The SMILES string of the molecule is NC(=O)NN=Cc1cc(O)c(O)c(Br)c1. The van der Waals surface area contributed by atoms with E-state index in [0.29, 0.717) is 10.0 Å². The van der Waals surface area contributed by atoms with E-state index in [-0.39, 0.29) is 11.5 Å². The molecule has 7 heteroatoms. The maximum atomic E-state index is 10.3. The van der Waals surface area contributed by atoms with Crippen LogP contribution in [0.2, 0.25) is 0 Å². The molecular formula is C8H8BrN3O3. The molecule has 0 aliphatic rings. The van der Waals surface area contributed by atoms with Gasteiger partial charge in [-0.3, -0.25) is 0 Å². The Balaban J connectivity index is 2.87. The summed E-state index contributed by atoms with van der Waals surface area (Å²) in [5, 5.41) is 21.9. The number of nitrogens with zero attached hydrogens (tertiary/aromatic N) is 1. The van der Waals surface area contributed by atoms with Crippen molar-refractivity contribution in [1.29, 1.82) is 0 Å². The number of phenolic OH excluding ortho intramolecular Hbond substituents is 2. The number of halogens is 1. The van der Waals surface area contributed by atoms with Crippen LogP contribution in [0.3, 0.4) is 0 Å². The second-order valence-corrected chi connectivity index (χ2v) is 3.46. The maximum absolute atomic E-state index is 10.3. The van der Waals surface area contributed by atoms with Gasteiger partial charge in [-0.15, -0.1) is 0 Å². The number of carbonyl (C=O) groups is 1. The second-order valence-electron chi connectivity index (χ2n) is 2.60. The molecule has 0 heterocycles. The number of hydrogen-bond donors (Lipinski definition) is 4. The summed E-state index contributed by atoms with van der Waals surface area (Å²) in [5.41, 5.74) is 7.27. The minimum atomic E-state index is -0.784. The highest BCUT2D eigenvalue weighted by Crippen LogP contribution is 2.33. The van der Waals surface area contributed by atoms with Crippen molar-refractivity contribution >= 4 is 28.2 Å². The fourth-order valence-corrected chi connectivity index (χ4v) is 1.32. The Labute approximate surface area is 93.5 Å². The average molecular weight is 274 g/mol. The van der Waals surface area contributed by atoms with E-state index in [1.54, 1.807) is 0 Å². The molecule has 0 bridgehead atoms. The topological polar surface area (TPSA) is 108 Å². The minimum absolute atomic E-state index is 0.255. The molecule has 15 heavy (non-hydrogen) atoms. The van der Waals surface area contributed by atoms with E-state index in [9.17, 15) is 15.0 Å². The molecule has 0 saturated heterocycles. The summed E-state index contributed by atoms with van der Waals surface area (Å²) in [6.07, 6.45) is 1.27. The fraction of sp³-hybridized carbons (Fsp3) is 0. The van der Waals surface area contributed by atoms with Gasteiger partial charge in [0.05, 0.1) is 10.7 Å². The summed E-state index contributed by atoms with van der Waals surface area (Å²) >= 11 is 3.03. The number of hydrogen-bond acceptors (Lipinski definition) is 4. The largest absolute Gasteiger partial charge is 0.504 e. The van der Waals surface area contributed by atoms with Crippen molar-refractivity contribution in [2.24, 2.45) is 10.8 Å². The van der Waals surface area contributed by atoms with Gasteiger partial charge in [0.15, 0.2) is 11.5 Å². The average Bonchev–Trinajstić information content (AvgIpc) is 2.13. The van der Waals surface area contributed by atoms with Gasteiger partial charge in [-0.25, -0.2) is 10.2 Å². The number of nitrogens with two attached hydrogens (primary N) is 1. The van der Waals surface area contributed by atoms with Crippen LogP contribution in [0, 0.1) is 0 Å². The maximum Gasteiger partial charge on any atom is 0.332 e. The van der Waals surface area contributed by atoms with Crippen LogP contribution in [0.25, 0.3) is 0 Å². The molecular weight excluding hydrogens is 266 g/mol. The van der Waals surface area contributed by atoms with Crippen LogP contribution in [-0.4, -0.2) is 22.5 Å². The molecule has 80 valence electrons. The fourth-order valence-electron chi connectivity index (χ4n) is 0.850. The highest BCUT2D eigenvalue weighted by Gasteiger charge is 2.05. The number of urea groups is 1. The van der Waals surface area contributed by atoms with E-state index < -0.39 is 6.03 Å². The van der Waals surface area contributed by atoms with Crippen molar-refractivity contribution < 1.29 is 15.0 Å². The smallest absolute Gasteiger partial charge is 0.332 e. The van der Waals surface area contributed by atoms with E-state index in [2.05, 4.69) is 21.0 Å². The lowest BCUT2D eigenvalue weighted by molar-refractivity contribution is 0.249. The number of primary amides is 1. The first kappa shape index (κ1) is 11.3. The molecule has 0 radical (unpaired) electrons. The van der Waals surface area contributed by atoms with E-state index in [1.165, 1.54) is 18.3 Å². The van der Waals surface area contributed by atoms with Crippen molar-refractivity contribution in [3.8, 4) is 11.5 Å². The first-order chi connectivity index (χ1) is 7.00. The number of aromatic hydroxyl groups is 2. The van der Waals surface area contributed by atoms with Crippen molar-refractivity contribution in [3.63, 3.8) is 0 Å². The molecule has 1 rings (SSSR count). The predicted octanol–water partition coefficient (Wildman–Crippen LogP) is 0.862. The molecule has 0 aliphatic carbocycles. The monoisotopic (exact) mass is 273 g/mol. The van der Waals surface area contributed by atoms with Gasteiger partial charge in [0.2, 0.25) is 0 Å². The summed E-state index contributed by atoms with van der Waals surface area (Å²) in [5.74, 6) is -0.542. The molecule has 0 spiro atoms. The van der Waals surface area contributed by atoms with Crippen LogP contribution < -0.4 is 11.2 Å². The third-order valence-corrected chi connectivity index (χ3v) is 2.06. The van der Waals surface area contributed by atoms with Crippen molar-refractivity contribution in [2.45, 2.75) is 0 Å². The van der Waals surface area contributed by atoms with Gasteiger partial charge in [-0.2, -0.15) is 5.10 Å². The van der Waals surface area contributed by atoms with Crippen LogP contribution in [0.1, 0.15) is 5.56 Å². The highest BCUT2D eigenvalue weighted by atomic mass is 79.9. The zero-order valence-electron chi connectivity index (χ0n) is 7.44. The number of rotatable bonds is 2. The van der Waals surface area contributed by atoms with Crippen molar-refractivity contribution in [2.75, 3.05) is 0 Å². The number of carbonyl (C=O) groups excluding carboxylic acids is 1. The Hall–Kier alpha value is -1.76. The molecule has 5 N–H and O–H groups in total. The molecule has 2 amide bonds. The Kier molecular flexibility index (Phi) is 3.51. The van der Waals surface area contributed by atoms with Gasteiger partial charge in [-0.05, 0) is 33.6 Å². The minimum Gasteiger partial charge on any atom is -0.504 e. The zero-order valence-corrected chi connectivity index (χ0v) is 9.02. The molecule has 0 aliphatic heterocycles. The highest BCUT2D eigenvalue weighted by molar-refractivity contribution is 9.10. The van der Waals surface area contributed by atoms with Crippen LogP contribution in [-0.2, 0) is 0 Å². The van der Waals surface area contributed by atoms with Crippen molar-refractivity contribution in [3.05, 3.63) is 22.2 Å². The number of amides is 2. The normalized spacial score (nSPS) is 10.5. The lowest BCUT2D eigenvalue weighted by Crippen LogP contribution is -2.24. The van der Waals surface area contributed by atoms with Gasteiger partial charge < -0.3 is 15.9 Å². The lowest BCUT2D eigenvalue weighted by atomic mass is 10.2. The molecule has 6 nitrogen and oxygen atoms in total. The summed E-state index contributed by atoms with van der Waals surface area (Å²) in [6.45, 7) is 0. The predicted molar refractivity (Wildman–Crippen MR) is 57.8 cm³/mol. The van der Waals surface area contributed by atoms with E-state index in [0.717, 1.165) is 0 Å². The van der Waals surface area contributed by atoms with Crippen molar-refractivity contribution in [1.82, 2.24) is 5.43 Å². The van der Waals surface area contributed by atoms with Crippen LogP contribution in [0.4, 0.5) is 4.79 Å². The van der Waals surface area contributed by atoms with E-state index >= 15 is 0 Å². The molecule has 1 aromatic rings. The molecule has 0 atom stereocenters. The van der Waals surface area contributed by atoms with Crippen LogP contribution in [0.15, 0.2) is 21.7 Å². The Morgan fingerprint density at radius 2 is 2.20 bits per heavy atom. The molecule has 0 unspecified atom stereocenters. The standard InChI is InChI=1S/C8H8BrN3O3/c9-5-1-4(2-6(13)7(5)14)3-11-12-8(10)15/h1-3,13-14H,(H3,10,12,15). The summed E-state index contributed by atoms with van der Waals surface area (Å²) in [4.78, 5) is 10.3. The number of phenols is 2. The third-order valence-electron chi connectivity index (χ3n) is 1.45. The molecule has 1 aromatic carbocycles. The van der Waals surface area contributed by atoms with Gasteiger partial charge >= 0.3 is 6.03 Å². The Morgan fingerprint density at radius 1 is 1.53 bits per heavy atom. The first-order valence-corrected chi connectivity index (χ1v) is 4.60. The first-order valence-electron chi connectivity index (χ1n) is 3.80. The van der Waals surface area contributed by atoms with E-state index in [1.807, 2.05) is 5.43 Å². The van der Waals surface area contributed by atoms with Crippen LogP contribution >= 0.6 is 15.9 Å².